The predicted octanol–water partition coefficient (Wildman–Crippen LogP) is 4.81. The molecule has 2 aromatic carbocycles. The van der Waals surface area contributed by atoms with Crippen LogP contribution in [0.3, 0.4) is 0 Å². The summed E-state index contributed by atoms with van der Waals surface area (Å²) in [4.78, 5) is 27.7. The molecular formula is C24H28Cl2N4O2. The molecule has 1 saturated heterocycles. The van der Waals surface area contributed by atoms with E-state index in [0.29, 0.717) is 5.02 Å². The molecule has 170 valence electrons. The lowest BCUT2D eigenvalue weighted by Crippen LogP contribution is -2.48. The molecule has 2 amide bonds. The molecule has 0 aromatic heterocycles. The third-order valence-corrected chi connectivity index (χ3v) is 6.06. The van der Waals surface area contributed by atoms with Crippen molar-refractivity contribution >= 4 is 46.9 Å². The Balaban J connectivity index is 1.63. The molecule has 3 rings (SSSR count). The number of rotatable bonds is 7. The summed E-state index contributed by atoms with van der Waals surface area (Å²) < 4.78 is 0. The first-order valence-electron chi connectivity index (χ1n) is 10.7. The first-order chi connectivity index (χ1) is 15.3. The maximum absolute atomic E-state index is 12.7. The van der Waals surface area contributed by atoms with Gasteiger partial charge in [0.05, 0.1) is 16.8 Å². The van der Waals surface area contributed by atoms with Gasteiger partial charge in [0.15, 0.2) is 0 Å². The van der Waals surface area contributed by atoms with Crippen molar-refractivity contribution in [2.75, 3.05) is 18.0 Å². The Morgan fingerprint density at radius 1 is 1.09 bits per heavy atom. The van der Waals surface area contributed by atoms with Gasteiger partial charge in [-0.05, 0) is 67.1 Å². The van der Waals surface area contributed by atoms with Crippen molar-refractivity contribution in [3.8, 4) is 0 Å². The molecule has 1 atom stereocenters. The van der Waals surface area contributed by atoms with Crippen molar-refractivity contribution in [3.05, 3.63) is 63.1 Å². The minimum Gasteiger partial charge on any atom is -0.372 e. The number of anilines is 1. The summed E-state index contributed by atoms with van der Waals surface area (Å²) in [6.07, 6.45) is 4.08. The van der Waals surface area contributed by atoms with Gasteiger partial charge in [0.2, 0.25) is 0 Å². The van der Waals surface area contributed by atoms with Crippen molar-refractivity contribution in [1.29, 1.82) is 0 Å². The van der Waals surface area contributed by atoms with Crippen LogP contribution in [-0.2, 0) is 4.79 Å². The number of hydrogen-bond acceptors (Lipinski definition) is 4. The number of carbonyl (C=O) groups excluding carboxylic acids is 2. The molecule has 1 aliphatic rings. The number of amides is 2. The Kier molecular flexibility index (Phi) is 8.15. The molecule has 1 heterocycles. The van der Waals surface area contributed by atoms with Crippen LogP contribution in [0.5, 0.6) is 0 Å². The van der Waals surface area contributed by atoms with Gasteiger partial charge < -0.3 is 10.2 Å². The number of nitrogens with one attached hydrogen (secondary N) is 2. The van der Waals surface area contributed by atoms with Crippen LogP contribution in [-0.4, -0.2) is 37.2 Å². The molecule has 0 bridgehead atoms. The van der Waals surface area contributed by atoms with E-state index in [1.807, 2.05) is 26.8 Å². The van der Waals surface area contributed by atoms with Gasteiger partial charge >= 0.3 is 0 Å². The molecule has 0 saturated carbocycles. The van der Waals surface area contributed by atoms with E-state index in [1.54, 1.807) is 12.3 Å². The van der Waals surface area contributed by atoms with Crippen molar-refractivity contribution < 1.29 is 9.59 Å². The van der Waals surface area contributed by atoms with Crippen LogP contribution < -0.4 is 15.6 Å². The summed E-state index contributed by atoms with van der Waals surface area (Å²) in [7, 11) is 0. The van der Waals surface area contributed by atoms with E-state index in [4.69, 9.17) is 23.2 Å². The summed E-state index contributed by atoms with van der Waals surface area (Å²) in [6, 6.07) is 10.0. The molecule has 0 aliphatic carbocycles. The maximum atomic E-state index is 12.7. The molecule has 1 fully saturated rings. The van der Waals surface area contributed by atoms with E-state index in [1.165, 1.54) is 30.7 Å². The molecule has 0 spiro atoms. The van der Waals surface area contributed by atoms with Crippen LogP contribution in [0.25, 0.3) is 0 Å². The van der Waals surface area contributed by atoms with Crippen molar-refractivity contribution in [1.82, 2.24) is 10.7 Å². The lowest BCUT2D eigenvalue weighted by atomic mass is 10.0. The second kappa shape index (κ2) is 10.8. The smallest absolute Gasteiger partial charge is 0.262 e. The average molecular weight is 475 g/mol. The highest BCUT2D eigenvalue weighted by Crippen LogP contribution is 2.23. The minimum atomic E-state index is -0.773. The third kappa shape index (κ3) is 6.02. The minimum absolute atomic E-state index is 0.151. The Bertz CT molecular complexity index is 1020. The van der Waals surface area contributed by atoms with E-state index in [9.17, 15) is 9.59 Å². The zero-order chi connectivity index (χ0) is 23.3. The highest BCUT2D eigenvalue weighted by molar-refractivity contribution is 6.36. The van der Waals surface area contributed by atoms with Crippen molar-refractivity contribution in [3.63, 3.8) is 0 Å². The monoisotopic (exact) mass is 474 g/mol. The third-order valence-electron chi connectivity index (χ3n) is 5.51. The van der Waals surface area contributed by atoms with Gasteiger partial charge in [-0.25, -0.2) is 5.43 Å². The summed E-state index contributed by atoms with van der Waals surface area (Å²) >= 11 is 12.0. The van der Waals surface area contributed by atoms with Crippen molar-refractivity contribution in [2.24, 2.45) is 11.0 Å². The number of hydrazone groups is 1. The Morgan fingerprint density at radius 2 is 1.81 bits per heavy atom. The molecule has 32 heavy (non-hydrogen) atoms. The first-order valence-corrected chi connectivity index (χ1v) is 11.5. The molecule has 1 unspecified atom stereocenters. The van der Waals surface area contributed by atoms with Gasteiger partial charge in [-0.15, -0.1) is 0 Å². The quantitative estimate of drug-likeness (QED) is 0.446. The Labute approximate surface area is 199 Å². The van der Waals surface area contributed by atoms with E-state index >= 15 is 0 Å². The second-order valence-electron chi connectivity index (χ2n) is 8.29. The van der Waals surface area contributed by atoms with E-state index in [0.717, 1.165) is 24.2 Å². The maximum Gasteiger partial charge on any atom is 0.262 e. The zero-order valence-corrected chi connectivity index (χ0v) is 20.0. The molecule has 8 heteroatoms. The summed E-state index contributed by atoms with van der Waals surface area (Å²) in [6.45, 7) is 7.90. The lowest BCUT2D eigenvalue weighted by Gasteiger charge is -2.21. The van der Waals surface area contributed by atoms with E-state index in [2.05, 4.69) is 32.9 Å². The van der Waals surface area contributed by atoms with Gasteiger partial charge in [-0.1, -0.05) is 43.1 Å². The Morgan fingerprint density at radius 3 is 2.44 bits per heavy atom. The standard InChI is InChI=1S/C24H28Cl2N4O2/c1-15(2)22(28-23(31)20-9-7-18(25)13-21(20)26)24(32)29-27-14-17-6-8-19(12-16(17)3)30-10-4-5-11-30/h6-9,12-15,22H,4-5,10-11H2,1-3H3,(H,28,31)(H,29,32). The number of nitrogens with zero attached hydrogens (tertiary/aromatic N) is 2. The fourth-order valence-corrected chi connectivity index (χ4v) is 4.13. The highest BCUT2D eigenvalue weighted by Gasteiger charge is 2.25. The lowest BCUT2D eigenvalue weighted by molar-refractivity contribution is -0.123. The van der Waals surface area contributed by atoms with Crippen LogP contribution in [0.1, 0.15) is 48.2 Å². The van der Waals surface area contributed by atoms with Crippen LogP contribution >= 0.6 is 23.2 Å². The fourth-order valence-electron chi connectivity index (χ4n) is 3.64. The van der Waals surface area contributed by atoms with Gasteiger partial charge in [0.1, 0.15) is 6.04 Å². The average Bonchev–Trinajstić information content (AvgIpc) is 3.27. The molecule has 0 radical (unpaired) electrons. The van der Waals surface area contributed by atoms with Crippen LogP contribution in [0, 0.1) is 12.8 Å². The predicted molar refractivity (Wildman–Crippen MR) is 131 cm³/mol. The Hall–Kier alpha value is -2.57. The van der Waals surface area contributed by atoms with Crippen molar-refractivity contribution in [2.45, 2.75) is 39.7 Å². The molecule has 2 N–H and O–H groups in total. The highest BCUT2D eigenvalue weighted by atomic mass is 35.5. The second-order valence-corrected chi connectivity index (χ2v) is 9.13. The van der Waals surface area contributed by atoms with E-state index < -0.39 is 17.9 Å². The topological polar surface area (TPSA) is 73.8 Å². The van der Waals surface area contributed by atoms with Gasteiger partial charge in [-0.3, -0.25) is 9.59 Å². The van der Waals surface area contributed by atoms with Gasteiger partial charge in [0, 0.05) is 23.8 Å². The zero-order valence-electron chi connectivity index (χ0n) is 18.5. The summed E-state index contributed by atoms with van der Waals surface area (Å²) in [5.41, 5.74) is 6.01. The fraction of sp³-hybridized carbons (Fsp3) is 0.375. The van der Waals surface area contributed by atoms with Crippen LogP contribution in [0.2, 0.25) is 10.0 Å². The number of hydrogen-bond donors (Lipinski definition) is 2. The number of aryl methyl sites for hydroxylation is 1. The van der Waals surface area contributed by atoms with Gasteiger partial charge in [0.25, 0.3) is 11.8 Å². The van der Waals surface area contributed by atoms with Gasteiger partial charge in [-0.2, -0.15) is 5.10 Å². The largest absolute Gasteiger partial charge is 0.372 e. The van der Waals surface area contributed by atoms with Crippen LogP contribution in [0.4, 0.5) is 5.69 Å². The number of carbonyl (C=O) groups is 2. The molecule has 6 nitrogen and oxygen atoms in total. The molecule has 1 aliphatic heterocycles. The number of halogens is 2. The normalized spacial score (nSPS) is 14.8. The molecule has 2 aromatic rings. The molecular weight excluding hydrogens is 447 g/mol. The summed E-state index contributed by atoms with van der Waals surface area (Å²) in [5.74, 6) is -0.999. The summed E-state index contributed by atoms with van der Waals surface area (Å²) in [5, 5.41) is 7.50. The number of benzene rings is 2. The van der Waals surface area contributed by atoms with E-state index in [-0.39, 0.29) is 16.5 Å². The first kappa shape index (κ1) is 24.1. The SMILES string of the molecule is Cc1cc(N2CCCC2)ccc1C=NNC(=O)C(NC(=O)c1ccc(Cl)cc1Cl)C(C)C. The van der Waals surface area contributed by atoms with Crippen LogP contribution in [0.15, 0.2) is 41.5 Å².